The van der Waals surface area contributed by atoms with Crippen molar-refractivity contribution in [2.45, 2.75) is 0 Å². The average Bonchev–Trinajstić information content (AvgIpc) is 1.35. The molecule has 0 spiro atoms. The second kappa shape index (κ2) is 2.66. The Kier molecular flexibility index (Phi) is 2.40. The molecule has 0 unspecified atom stereocenters. The summed E-state index contributed by atoms with van der Waals surface area (Å²) in [5.41, 5.74) is 4.79. The normalized spacial score (nSPS) is 8.17. The molecule has 0 saturated heterocycles. The van der Waals surface area contributed by atoms with Gasteiger partial charge in [-0.2, -0.15) is 0 Å². The molecule has 0 atom stereocenters. The van der Waals surface area contributed by atoms with Gasteiger partial charge in [-0.3, -0.25) is 4.79 Å². The fourth-order valence-electron chi connectivity index (χ4n) is 0.101. The van der Waals surface area contributed by atoms with Gasteiger partial charge in [-0.05, 0) is 0 Å². The van der Waals surface area contributed by atoms with Crippen molar-refractivity contribution in [2.24, 2.45) is 5.73 Å². The summed E-state index contributed by atoms with van der Waals surface area (Å²) in [4.78, 5) is 9.46. The highest BCUT2D eigenvalue weighted by atomic mass is 16.4. The minimum atomic E-state index is -0.961. The molecule has 0 aliphatic rings. The summed E-state index contributed by atoms with van der Waals surface area (Å²) in [5.74, 6) is -0.961. The van der Waals surface area contributed by atoms with Crippen LogP contribution in [0.3, 0.4) is 0 Å². The summed E-state index contributed by atoms with van der Waals surface area (Å²) < 4.78 is 0. The SMILES string of the molecule is NC[CH]C(=O)O. The zero-order chi connectivity index (χ0) is 4.99. The Balaban J connectivity index is 2.83. The van der Waals surface area contributed by atoms with Crippen molar-refractivity contribution in [1.29, 1.82) is 0 Å². The van der Waals surface area contributed by atoms with Gasteiger partial charge in [-0.25, -0.2) is 0 Å². The molecule has 0 aliphatic carbocycles. The van der Waals surface area contributed by atoms with Crippen LogP contribution in [0, 0.1) is 6.42 Å². The van der Waals surface area contributed by atoms with Crippen molar-refractivity contribution in [2.75, 3.05) is 6.54 Å². The Morgan fingerprint density at radius 1 is 2.00 bits per heavy atom. The molecule has 0 saturated carbocycles. The minimum Gasteiger partial charge on any atom is -0.481 e. The summed E-state index contributed by atoms with van der Waals surface area (Å²) in [6.45, 7) is 0.106. The lowest BCUT2D eigenvalue weighted by Crippen LogP contribution is -2.06. The lowest BCUT2D eigenvalue weighted by Gasteiger charge is -1.79. The first-order valence-corrected chi connectivity index (χ1v) is 1.53. The number of carbonyl (C=O) groups is 1. The van der Waals surface area contributed by atoms with E-state index in [4.69, 9.17) is 10.8 Å². The monoisotopic (exact) mass is 88.0 g/mol. The van der Waals surface area contributed by atoms with E-state index < -0.39 is 5.97 Å². The third-order valence-electron chi connectivity index (χ3n) is 0.292. The van der Waals surface area contributed by atoms with Gasteiger partial charge in [-0.15, -0.1) is 0 Å². The number of hydrogen-bond donors (Lipinski definition) is 2. The van der Waals surface area contributed by atoms with Crippen LogP contribution in [0.1, 0.15) is 0 Å². The highest BCUT2D eigenvalue weighted by Gasteiger charge is 1.88. The summed E-state index contributed by atoms with van der Waals surface area (Å²) in [7, 11) is 0. The van der Waals surface area contributed by atoms with Gasteiger partial charge in [0, 0.05) is 6.54 Å². The Hall–Kier alpha value is -0.570. The Labute approximate surface area is 35.8 Å². The van der Waals surface area contributed by atoms with E-state index in [0.717, 1.165) is 6.42 Å². The van der Waals surface area contributed by atoms with Crippen molar-refractivity contribution >= 4 is 5.97 Å². The van der Waals surface area contributed by atoms with E-state index in [2.05, 4.69) is 0 Å². The molecule has 0 aromatic heterocycles. The molecule has 35 valence electrons. The van der Waals surface area contributed by atoms with E-state index in [1.165, 1.54) is 0 Å². The minimum absolute atomic E-state index is 0.106. The van der Waals surface area contributed by atoms with Gasteiger partial charge in [0.05, 0.1) is 6.42 Å². The van der Waals surface area contributed by atoms with E-state index >= 15 is 0 Å². The highest BCUT2D eigenvalue weighted by molar-refractivity contribution is 5.76. The predicted octanol–water partition coefficient (Wildman–Crippen LogP) is -0.766. The second-order valence-corrected chi connectivity index (χ2v) is 0.778. The standard InChI is InChI=1S/C3H6NO2/c4-2-1-3(5)6/h1H,2,4H2,(H,5,6). The van der Waals surface area contributed by atoms with E-state index in [9.17, 15) is 4.79 Å². The maximum atomic E-state index is 9.46. The number of rotatable bonds is 2. The van der Waals surface area contributed by atoms with E-state index in [1.54, 1.807) is 0 Å². The van der Waals surface area contributed by atoms with Gasteiger partial charge < -0.3 is 10.8 Å². The van der Waals surface area contributed by atoms with Crippen molar-refractivity contribution in [3.8, 4) is 0 Å². The van der Waals surface area contributed by atoms with Crippen LogP contribution in [-0.4, -0.2) is 17.6 Å². The molecular formula is C3H6NO2. The molecule has 0 aromatic rings. The average molecular weight is 88.1 g/mol. The Morgan fingerprint density at radius 3 is 2.50 bits per heavy atom. The number of hydrogen-bond acceptors (Lipinski definition) is 2. The summed E-state index contributed by atoms with van der Waals surface area (Å²) in [6.07, 6.45) is 0.986. The van der Waals surface area contributed by atoms with Crippen molar-refractivity contribution in [1.82, 2.24) is 0 Å². The quantitative estimate of drug-likeness (QED) is 0.466. The van der Waals surface area contributed by atoms with Crippen LogP contribution < -0.4 is 5.73 Å². The molecule has 0 aromatic carbocycles. The zero-order valence-electron chi connectivity index (χ0n) is 3.22. The van der Waals surface area contributed by atoms with E-state index in [0.29, 0.717) is 0 Å². The van der Waals surface area contributed by atoms with Crippen molar-refractivity contribution < 1.29 is 9.90 Å². The lowest BCUT2D eigenvalue weighted by atomic mass is 10.5. The van der Waals surface area contributed by atoms with E-state index in [-0.39, 0.29) is 6.54 Å². The molecule has 0 bridgehead atoms. The van der Waals surface area contributed by atoms with Gasteiger partial charge in [0.25, 0.3) is 0 Å². The van der Waals surface area contributed by atoms with E-state index in [1.807, 2.05) is 0 Å². The third-order valence-corrected chi connectivity index (χ3v) is 0.292. The molecule has 0 amide bonds. The summed E-state index contributed by atoms with van der Waals surface area (Å²) in [5, 5.41) is 7.78. The van der Waals surface area contributed by atoms with Crippen LogP contribution in [0.15, 0.2) is 0 Å². The van der Waals surface area contributed by atoms with Crippen LogP contribution in [0.25, 0.3) is 0 Å². The maximum absolute atomic E-state index is 9.46. The van der Waals surface area contributed by atoms with Gasteiger partial charge in [0.15, 0.2) is 0 Å². The second-order valence-electron chi connectivity index (χ2n) is 0.778. The maximum Gasteiger partial charge on any atom is 0.308 e. The van der Waals surface area contributed by atoms with Gasteiger partial charge in [0.2, 0.25) is 0 Å². The molecule has 6 heavy (non-hydrogen) atoms. The molecule has 3 N–H and O–H groups in total. The first-order valence-electron chi connectivity index (χ1n) is 1.53. The molecule has 3 heteroatoms. The Morgan fingerprint density at radius 2 is 2.50 bits per heavy atom. The van der Waals surface area contributed by atoms with Gasteiger partial charge in [-0.1, -0.05) is 0 Å². The number of aliphatic carboxylic acids is 1. The van der Waals surface area contributed by atoms with Crippen LogP contribution in [0.5, 0.6) is 0 Å². The first kappa shape index (κ1) is 5.43. The van der Waals surface area contributed by atoms with Crippen LogP contribution in [0.2, 0.25) is 0 Å². The number of carboxylic acid groups (broad SMARTS) is 1. The van der Waals surface area contributed by atoms with Crippen molar-refractivity contribution in [3.63, 3.8) is 0 Å². The summed E-state index contributed by atoms with van der Waals surface area (Å²) >= 11 is 0. The molecular weight excluding hydrogens is 82.0 g/mol. The molecule has 0 heterocycles. The predicted molar refractivity (Wildman–Crippen MR) is 21.0 cm³/mol. The fourth-order valence-corrected chi connectivity index (χ4v) is 0.101. The molecule has 3 nitrogen and oxygen atoms in total. The Bertz CT molecular complexity index is 52.8. The fraction of sp³-hybridized carbons (Fsp3) is 0.333. The molecule has 1 radical (unpaired) electrons. The summed E-state index contributed by atoms with van der Waals surface area (Å²) in [6, 6.07) is 0. The molecule has 0 fully saturated rings. The topological polar surface area (TPSA) is 63.3 Å². The van der Waals surface area contributed by atoms with Crippen LogP contribution in [-0.2, 0) is 4.79 Å². The van der Waals surface area contributed by atoms with Crippen LogP contribution >= 0.6 is 0 Å². The highest BCUT2D eigenvalue weighted by Crippen LogP contribution is 1.65. The molecule has 0 aliphatic heterocycles. The number of carboxylic acids is 1. The van der Waals surface area contributed by atoms with Crippen LogP contribution in [0.4, 0.5) is 0 Å². The number of nitrogens with two attached hydrogens (primary N) is 1. The van der Waals surface area contributed by atoms with Crippen molar-refractivity contribution in [3.05, 3.63) is 6.42 Å². The first-order chi connectivity index (χ1) is 2.77. The largest absolute Gasteiger partial charge is 0.481 e. The van der Waals surface area contributed by atoms with Gasteiger partial charge in [0.1, 0.15) is 0 Å². The van der Waals surface area contributed by atoms with Gasteiger partial charge >= 0.3 is 5.97 Å². The third kappa shape index (κ3) is 3.43. The lowest BCUT2D eigenvalue weighted by molar-refractivity contribution is -0.133. The smallest absolute Gasteiger partial charge is 0.308 e. The molecule has 0 rings (SSSR count). The zero-order valence-corrected chi connectivity index (χ0v) is 3.22.